The van der Waals surface area contributed by atoms with E-state index in [0.717, 1.165) is 49.0 Å². The standard InChI is InChI=1S/C31H42FN3O4/c1-5-31(18-29(37)35(21-31)25-12-13-28(36)34(4)20-25)14-15-33-19-22-16-26(38-6-2)30(27(17-22)39-7-3)23-8-10-24(32)11-9-23/h8-11,16-17,25,33H,5-7,12-15,18-21H2,1-4H3. The molecule has 0 spiro atoms. The summed E-state index contributed by atoms with van der Waals surface area (Å²) < 4.78 is 25.6. The molecule has 2 aliphatic rings. The smallest absolute Gasteiger partial charge is 0.223 e. The molecule has 2 heterocycles. The normalized spacial score (nSPS) is 21.5. The lowest BCUT2D eigenvalue weighted by atomic mass is 9.81. The van der Waals surface area contributed by atoms with Crippen LogP contribution in [0.2, 0.25) is 0 Å². The lowest BCUT2D eigenvalue weighted by Gasteiger charge is -2.37. The number of amides is 2. The van der Waals surface area contributed by atoms with E-state index in [-0.39, 0.29) is 29.1 Å². The van der Waals surface area contributed by atoms with Gasteiger partial charge in [0.25, 0.3) is 0 Å². The third-order valence-electron chi connectivity index (χ3n) is 8.16. The van der Waals surface area contributed by atoms with Gasteiger partial charge in [0, 0.05) is 45.6 Å². The van der Waals surface area contributed by atoms with Gasteiger partial charge in [0.2, 0.25) is 11.8 Å². The predicted molar refractivity (Wildman–Crippen MR) is 150 cm³/mol. The van der Waals surface area contributed by atoms with Crippen LogP contribution < -0.4 is 14.8 Å². The van der Waals surface area contributed by atoms with Crippen molar-refractivity contribution in [1.29, 1.82) is 0 Å². The van der Waals surface area contributed by atoms with Crippen LogP contribution in [0.1, 0.15) is 58.4 Å². The molecule has 0 saturated carbocycles. The summed E-state index contributed by atoms with van der Waals surface area (Å²) in [6.45, 7) is 9.87. The van der Waals surface area contributed by atoms with Crippen LogP contribution in [0.4, 0.5) is 4.39 Å². The number of piperidine rings is 1. The Morgan fingerprint density at radius 1 is 1.03 bits per heavy atom. The van der Waals surface area contributed by atoms with E-state index in [1.807, 2.05) is 37.9 Å². The predicted octanol–water partition coefficient (Wildman–Crippen LogP) is 5.02. The van der Waals surface area contributed by atoms with Crippen LogP contribution in [0, 0.1) is 11.2 Å². The molecule has 8 heteroatoms. The molecule has 2 aromatic rings. The Morgan fingerprint density at radius 3 is 2.28 bits per heavy atom. The molecule has 2 amide bonds. The quantitative estimate of drug-likeness (QED) is 0.384. The molecule has 7 nitrogen and oxygen atoms in total. The van der Waals surface area contributed by atoms with Crippen molar-refractivity contribution < 1.29 is 23.5 Å². The highest BCUT2D eigenvalue weighted by Crippen LogP contribution is 2.41. The Hall–Kier alpha value is -3.13. The van der Waals surface area contributed by atoms with Gasteiger partial charge in [-0.05, 0) is 80.5 Å². The van der Waals surface area contributed by atoms with E-state index in [0.29, 0.717) is 50.6 Å². The van der Waals surface area contributed by atoms with Crippen LogP contribution in [-0.2, 0) is 16.1 Å². The summed E-state index contributed by atoms with van der Waals surface area (Å²) in [5, 5.41) is 3.57. The average Bonchev–Trinajstić information content (AvgIpc) is 3.26. The number of carbonyl (C=O) groups excluding carboxylic acids is 2. The fraction of sp³-hybridized carbons (Fsp3) is 0.548. The van der Waals surface area contributed by atoms with Gasteiger partial charge >= 0.3 is 0 Å². The lowest BCUT2D eigenvalue weighted by Crippen LogP contribution is -2.49. The van der Waals surface area contributed by atoms with Crippen LogP contribution in [0.25, 0.3) is 11.1 Å². The molecule has 2 atom stereocenters. The maximum absolute atomic E-state index is 13.6. The molecule has 1 N–H and O–H groups in total. The van der Waals surface area contributed by atoms with Gasteiger partial charge in [-0.3, -0.25) is 9.59 Å². The van der Waals surface area contributed by atoms with Gasteiger partial charge in [-0.25, -0.2) is 4.39 Å². The first kappa shape index (κ1) is 28.9. The number of hydrogen-bond donors (Lipinski definition) is 1. The van der Waals surface area contributed by atoms with Crippen molar-refractivity contribution >= 4 is 11.8 Å². The number of hydrogen-bond acceptors (Lipinski definition) is 5. The SMILES string of the molecule is CCOc1cc(CNCCC2(CC)CC(=O)N(C3CCC(=O)N(C)C3)C2)cc(OCC)c1-c1ccc(F)cc1. The molecule has 212 valence electrons. The van der Waals surface area contributed by atoms with Gasteiger partial charge in [0.15, 0.2) is 0 Å². The van der Waals surface area contributed by atoms with Gasteiger partial charge in [0.05, 0.1) is 18.8 Å². The number of likely N-dealkylation sites (tertiary alicyclic amines) is 2. The highest BCUT2D eigenvalue weighted by atomic mass is 19.1. The Labute approximate surface area is 231 Å². The van der Waals surface area contributed by atoms with E-state index in [1.54, 1.807) is 17.0 Å². The third-order valence-corrected chi connectivity index (χ3v) is 8.16. The van der Waals surface area contributed by atoms with Gasteiger partial charge < -0.3 is 24.6 Å². The lowest BCUT2D eigenvalue weighted by molar-refractivity contribution is -0.138. The Balaban J connectivity index is 1.42. The zero-order valence-electron chi connectivity index (χ0n) is 23.7. The van der Waals surface area contributed by atoms with Crippen molar-refractivity contribution in [2.45, 2.75) is 65.5 Å². The zero-order chi connectivity index (χ0) is 28.0. The van der Waals surface area contributed by atoms with Crippen molar-refractivity contribution in [3.8, 4) is 22.6 Å². The second kappa shape index (κ2) is 12.8. The van der Waals surface area contributed by atoms with E-state index >= 15 is 0 Å². The molecule has 0 aliphatic carbocycles. The zero-order valence-corrected chi connectivity index (χ0v) is 23.7. The number of benzene rings is 2. The minimum Gasteiger partial charge on any atom is -0.493 e. The number of nitrogens with zero attached hydrogens (tertiary/aromatic N) is 2. The molecule has 4 rings (SSSR count). The van der Waals surface area contributed by atoms with Gasteiger partial charge in [-0.2, -0.15) is 0 Å². The van der Waals surface area contributed by atoms with Crippen molar-refractivity contribution in [3.05, 3.63) is 47.8 Å². The summed E-state index contributed by atoms with van der Waals surface area (Å²) in [5.74, 6) is 1.52. The molecule has 0 aromatic heterocycles. The van der Waals surface area contributed by atoms with Gasteiger partial charge in [-0.1, -0.05) is 19.1 Å². The van der Waals surface area contributed by atoms with E-state index in [2.05, 4.69) is 12.2 Å². The number of ether oxygens (including phenoxy) is 2. The van der Waals surface area contributed by atoms with E-state index in [1.165, 1.54) is 12.1 Å². The highest BCUT2D eigenvalue weighted by Gasteiger charge is 2.44. The van der Waals surface area contributed by atoms with Crippen LogP contribution in [-0.4, -0.2) is 67.6 Å². The monoisotopic (exact) mass is 539 g/mol. The van der Waals surface area contributed by atoms with Crippen molar-refractivity contribution in [3.63, 3.8) is 0 Å². The molecule has 2 saturated heterocycles. The van der Waals surface area contributed by atoms with Crippen molar-refractivity contribution in [2.75, 3.05) is 39.9 Å². The third kappa shape index (κ3) is 6.72. The molecule has 0 bridgehead atoms. The van der Waals surface area contributed by atoms with Gasteiger partial charge in [-0.15, -0.1) is 0 Å². The highest BCUT2D eigenvalue weighted by molar-refractivity contribution is 5.81. The van der Waals surface area contributed by atoms with Crippen molar-refractivity contribution in [1.82, 2.24) is 15.1 Å². The first-order chi connectivity index (χ1) is 18.8. The number of rotatable bonds is 12. The summed E-state index contributed by atoms with van der Waals surface area (Å²) in [7, 11) is 1.83. The molecule has 2 aliphatic heterocycles. The van der Waals surface area contributed by atoms with Crippen LogP contribution in [0.15, 0.2) is 36.4 Å². The Bertz CT molecular complexity index is 1130. The second-order valence-electron chi connectivity index (χ2n) is 10.8. The minimum absolute atomic E-state index is 0.0521. The summed E-state index contributed by atoms with van der Waals surface area (Å²) in [5.41, 5.74) is 2.66. The van der Waals surface area contributed by atoms with Crippen molar-refractivity contribution in [2.24, 2.45) is 5.41 Å². The molecule has 2 fully saturated rings. The van der Waals surface area contributed by atoms with E-state index < -0.39 is 0 Å². The maximum Gasteiger partial charge on any atom is 0.223 e. The first-order valence-electron chi connectivity index (χ1n) is 14.2. The molecule has 2 aromatic carbocycles. The molecular weight excluding hydrogens is 497 g/mol. The number of carbonyl (C=O) groups is 2. The molecular formula is C31H42FN3O4. The average molecular weight is 540 g/mol. The largest absolute Gasteiger partial charge is 0.493 e. The topological polar surface area (TPSA) is 71.1 Å². The fourth-order valence-electron chi connectivity index (χ4n) is 5.86. The minimum atomic E-state index is -0.284. The van der Waals surface area contributed by atoms with Crippen LogP contribution in [0.5, 0.6) is 11.5 Å². The number of halogens is 1. The van der Waals surface area contributed by atoms with Crippen LogP contribution in [0.3, 0.4) is 0 Å². The Kier molecular flexibility index (Phi) is 9.49. The van der Waals surface area contributed by atoms with E-state index in [9.17, 15) is 14.0 Å². The number of nitrogens with one attached hydrogen (secondary N) is 1. The summed E-state index contributed by atoms with van der Waals surface area (Å²) in [6.07, 6.45) is 3.67. The summed E-state index contributed by atoms with van der Waals surface area (Å²) in [4.78, 5) is 28.7. The van der Waals surface area contributed by atoms with Gasteiger partial charge in [0.1, 0.15) is 17.3 Å². The van der Waals surface area contributed by atoms with E-state index in [4.69, 9.17) is 9.47 Å². The molecule has 39 heavy (non-hydrogen) atoms. The summed E-state index contributed by atoms with van der Waals surface area (Å²) in [6, 6.07) is 10.5. The molecule has 2 unspecified atom stereocenters. The first-order valence-corrected chi connectivity index (χ1v) is 14.2. The fourth-order valence-corrected chi connectivity index (χ4v) is 5.86. The Morgan fingerprint density at radius 2 is 1.69 bits per heavy atom. The maximum atomic E-state index is 13.6. The molecule has 0 radical (unpaired) electrons. The van der Waals surface area contributed by atoms with Crippen LogP contribution >= 0.6 is 0 Å². The number of likely N-dealkylation sites (N-methyl/N-ethyl adjacent to an activating group) is 1. The summed E-state index contributed by atoms with van der Waals surface area (Å²) >= 11 is 0. The second-order valence-corrected chi connectivity index (χ2v) is 10.8.